The first-order valence-corrected chi connectivity index (χ1v) is 9.38. The van der Waals surface area contributed by atoms with Gasteiger partial charge < -0.3 is 0 Å². The van der Waals surface area contributed by atoms with Gasteiger partial charge in [0.25, 0.3) is 0 Å². The smallest absolute Gasteiger partial charge is 0.0451 e. The zero-order valence-corrected chi connectivity index (χ0v) is 14.9. The van der Waals surface area contributed by atoms with E-state index < -0.39 is 0 Å². The fourth-order valence-electron chi connectivity index (χ4n) is 3.27. The highest BCUT2D eigenvalue weighted by Crippen LogP contribution is 2.25. The first-order chi connectivity index (χ1) is 9.41. The normalized spacial score (nSPS) is 28.9. The molecule has 118 valence electrons. The third kappa shape index (κ3) is 4.12. The highest BCUT2D eigenvalue weighted by molar-refractivity contribution is 7.99. The van der Waals surface area contributed by atoms with Crippen LogP contribution in [0.2, 0.25) is 0 Å². The number of hydrogen-bond acceptors (Lipinski definition) is 4. The lowest BCUT2D eigenvalue weighted by Crippen LogP contribution is -2.55. The maximum absolute atomic E-state index is 2.72. The first kappa shape index (κ1) is 16.6. The van der Waals surface area contributed by atoms with Gasteiger partial charge in [-0.05, 0) is 34.1 Å². The molecule has 2 fully saturated rings. The Morgan fingerprint density at radius 1 is 1.15 bits per heavy atom. The number of hydrogen-bond donors (Lipinski definition) is 0. The molecule has 2 aliphatic rings. The highest BCUT2D eigenvalue weighted by Gasteiger charge is 2.32. The molecule has 0 radical (unpaired) electrons. The average molecular weight is 300 g/mol. The Balaban J connectivity index is 1.80. The molecule has 0 N–H and O–H groups in total. The van der Waals surface area contributed by atoms with Gasteiger partial charge in [0.15, 0.2) is 0 Å². The molecule has 2 atom stereocenters. The van der Waals surface area contributed by atoms with Crippen molar-refractivity contribution in [2.24, 2.45) is 0 Å². The minimum absolute atomic E-state index is 0.331. The van der Waals surface area contributed by atoms with E-state index in [-0.39, 0.29) is 0 Å². The van der Waals surface area contributed by atoms with E-state index in [9.17, 15) is 0 Å². The standard InChI is InChI=1S/C16H33N3S/c1-6-14(2)19-13-20-12-15(19)11-17-7-9-18(10-8-17)16(3,4)5/h14-15H,6-13H2,1-5H3. The van der Waals surface area contributed by atoms with Crippen molar-refractivity contribution < 1.29 is 0 Å². The van der Waals surface area contributed by atoms with Gasteiger partial charge >= 0.3 is 0 Å². The van der Waals surface area contributed by atoms with Gasteiger partial charge in [0, 0.05) is 62.0 Å². The minimum atomic E-state index is 0.331. The Labute approximate surface area is 130 Å². The van der Waals surface area contributed by atoms with E-state index in [0.29, 0.717) is 5.54 Å². The highest BCUT2D eigenvalue weighted by atomic mass is 32.2. The summed E-state index contributed by atoms with van der Waals surface area (Å²) in [7, 11) is 0. The Morgan fingerprint density at radius 3 is 2.35 bits per heavy atom. The number of rotatable bonds is 4. The molecular weight excluding hydrogens is 266 g/mol. The predicted molar refractivity (Wildman–Crippen MR) is 90.5 cm³/mol. The molecule has 2 saturated heterocycles. The summed E-state index contributed by atoms with van der Waals surface area (Å²) in [6, 6.07) is 1.52. The fourth-order valence-corrected chi connectivity index (χ4v) is 4.62. The molecule has 0 aromatic heterocycles. The van der Waals surface area contributed by atoms with Gasteiger partial charge in [0.05, 0.1) is 0 Å². The molecule has 2 rings (SSSR count). The first-order valence-electron chi connectivity index (χ1n) is 8.22. The number of thioether (sulfide) groups is 1. The molecule has 0 bridgehead atoms. The summed E-state index contributed by atoms with van der Waals surface area (Å²) in [5.41, 5.74) is 0.331. The summed E-state index contributed by atoms with van der Waals surface area (Å²) in [6.07, 6.45) is 1.27. The molecule has 4 heteroatoms. The van der Waals surface area contributed by atoms with E-state index >= 15 is 0 Å². The van der Waals surface area contributed by atoms with Crippen LogP contribution in [0.3, 0.4) is 0 Å². The van der Waals surface area contributed by atoms with Gasteiger partial charge in [-0.1, -0.05) is 6.92 Å². The van der Waals surface area contributed by atoms with Crippen molar-refractivity contribution in [3.63, 3.8) is 0 Å². The lowest BCUT2D eigenvalue weighted by Gasteiger charge is -2.43. The van der Waals surface area contributed by atoms with Crippen LogP contribution >= 0.6 is 11.8 Å². The predicted octanol–water partition coefficient (Wildman–Crippen LogP) is 2.58. The van der Waals surface area contributed by atoms with Crippen molar-refractivity contribution >= 4 is 11.8 Å². The van der Waals surface area contributed by atoms with Crippen molar-refractivity contribution in [1.29, 1.82) is 0 Å². The van der Waals surface area contributed by atoms with E-state index in [1.54, 1.807) is 0 Å². The second kappa shape index (κ2) is 6.99. The molecule has 0 aromatic rings. The van der Waals surface area contributed by atoms with Crippen LogP contribution in [0.15, 0.2) is 0 Å². The molecule has 0 amide bonds. The van der Waals surface area contributed by atoms with Crippen molar-refractivity contribution in [3.05, 3.63) is 0 Å². The van der Waals surface area contributed by atoms with Crippen LogP contribution in [0.5, 0.6) is 0 Å². The molecule has 0 spiro atoms. The van der Waals surface area contributed by atoms with Crippen molar-refractivity contribution in [2.45, 2.75) is 58.7 Å². The minimum Gasteiger partial charge on any atom is -0.299 e. The second-order valence-electron chi connectivity index (χ2n) is 7.38. The maximum Gasteiger partial charge on any atom is 0.0451 e. The lowest BCUT2D eigenvalue weighted by molar-refractivity contribution is 0.0478. The summed E-state index contributed by atoms with van der Waals surface area (Å²) in [4.78, 5) is 8.04. The molecular formula is C16H33N3S. The third-order valence-electron chi connectivity index (χ3n) is 4.97. The zero-order chi connectivity index (χ0) is 14.8. The van der Waals surface area contributed by atoms with Crippen LogP contribution in [0.4, 0.5) is 0 Å². The van der Waals surface area contributed by atoms with Crippen LogP contribution in [0, 0.1) is 0 Å². The summed E-state index contributed by atoms with van der Waals surface area (Å²) >= 11 is 2.12. The molecule has 20 heavy (non-hydrogen) atoms. The Morgan fingerprint density at radius 2 is 1.80 bits per heavy atom. The van der Waals surface area contributed by atoms with Gasteiger partial charge in [-0.3, -0.25) is 14.7 Å². The molecule has 2 unspecified atom stereocenters. The topological polar surface area (TPSA) is 9.72 Å². The molecule has 0 aromatic carbocycles. The Hall–Kier alpha value is 0.230. The maximum atomic E-state index is 2.72. The van der Waals surface area contributed by atoms with E-state index in [0.717, 1.165) is 12.1 Å². The summed E-state index contributed by atoms with van der Waals surface area (Å²) in [5.74, 6) is 2.56. The average Bonchev–Trinajstić information content (AvgIpc) is 2.85. The van der Waals surface area contributed by atoms with Crippen molar-refractivity contribution in [1.82, 2.24) is 14.7 Å². The monoisotopic (exact) mass is 299 g/mol. The summed E-state index contributed by atoms with van der Waals surface area (Å²) in [6.45, 7) is 17.9. The van der Waals surface area contributed by atoms with Crippen LogP contribution < -0.4 is 0 Å². The summed E-state index contributed by atoms with van der Waals surface area (Å²) < 4.78 is 0. The quantitative estimate of drug-likeness (QED) is 0.789. The molecule has 2 heterocycles. The van der Waals surface area contributed by atoms with Crippen molar-refractivity contribution in [3.8, 4) is 0 Å². The van der Waals surface area contributed by atoms with E-state index in [4.69, 9.17) is 0 Å². The molecule has 0 aliphatic carbocycles. The van der Waals surface area contributed by atoms with Crippen molar-refractivity contribution in [2.75, 3.05) is 44.4 Å². The van der Waals surface area contributed by atoms with Crippen LogP contribution in [-0.2, 0) is 0 Å². The lowest BCUT2D eigenvalue weighted by atomic mass is 10.0. The van der Waals surface area contributed by atoms with Gasteiger partial charge in [-0.15, -0.1) is 11.8 Å². The van der Waals surface area contributed by atoms with Crippen LogP contribution in [-0.4, -0.2) is 76.7 Å². The second-order valence-corrected chi connectivity index (χ2v) is 8.38. The summed E-state index contributed by atoms with van der Waals surface area (Å²) in [5, 5.41) is 0. The van der Waals surface area contributed by atoms with Gasteiger partial charge in [0.1, 0.15) is 0 Å². The molecule has 3 nitrogen and oxygen atoms in total. The van der Waals surface area contributed by atoms with E-state index in [1.807, 2.05) is 0 Å². The number of piperazine rings is 1. The SMILES string of the molecule is CCC(C)N1CSCC1CN1CCN(C(C)(C)C)CC1. The van der Waals surface area contributed by atoms with Gasteiger partial charge in [-0.25, -0.2) is 0 Å². The largest absolute Gasteiger partial charge is 0.299 e. The van der Waals surface area contributed by atoms with Crippen LogP contribution in [0.1, 0.15) is 41.0 Å². The number of nitrogens with zero attached hydrogens (tertiary/aromatic N) is 3. The van der Waals surface area contributed by atoms with E-state index in [2.05, 4.69) is 61.1 Å². The van der Waals surface area contributed by atoms with E-state index in [1.165, 1.54) is 50.8 Å². The fraction of sp³-hybridized carbons (Fsp3) is 1.00. The van der Waals surface area contributed by atoms with Gasteiger partial charge in [0.2, 0.25) is 0 Å². The molecule has 0 saturated carbocycles. The third-order valence-corrected chi connectivity index (χ3v) is 6.07. The van der Waals surface area contributed by atoms with Gasteiger partial charge in [-0.2, -0.15) is 0 Å². The Bertz CT molecular complexity index is 295. The Kier molecular flexibility index (Phi) is 5.80. The molecule has 2 aliphatic heterocycles. The van der Waals surface area contributed by atoms with Crippen LogP contribution in [0.25, 0.3) is 0 Å². The zero-order valence-electron chi connectivity index (χ0n) is 14.1.